The van der Waals surface area contributed by atoms with E-state index in [1.54, 1.807) is 4.90 Å². The van der Waals surface area contributed by atoms with E-state index in [-0.39, 0.29) is 19.0 Å². The van der Waals surface area contributed by atoms with Crippen molar-refractivity contribution >= 4 is 17.6 Å². The van der Waals surface area contributed by atoms with E-state index in [0.29, 0.717) is 0 Å². The second-order valence-corrected chi connectivity index (χ2v) is 4.26. The fraction of sp³-hybridized carbons (Fsp3) is 0.385. The van der Waals surface area contributed by atoms with Crippen molar-refractivity contribution in [2.45, 2.75) is 19.4 Å². The highest BCUT2D eigenvalue weighted by Crippen LogP contribution is 2.22. The van der Waals surface area contributed by atoms with E-state index in [4.69, 9.17) is 5.11 Å². The third-order valence-electron chi connectivity index (χ3n) is 3.13. The summed E-state index contributed by atoms with van der Waals surface area (Å²) in [6, 6.07) is 6.90. The van der Waals surface area contributed by atoms with Gasteiger partial charge in [0.1, 0.15) is 6.04 Å². The second-order valence-electron chi connectivity index (χ2n) is 4.26. The van der Waals surface area contributed by atoms with Gasteiger partial charge in [-0.2, -0.15) is 0 Å². The lowest BCUT2D eigenvalue weighted by Crippen LogP contribution is -2.57. The zero-order valence-electron chi connectivity index (χ0n) is 10.2. The Morgan fingerprint density at radius 3 is 2.89 bits per heavy atom. The van der Waals surface area contributed by atoms with Gasteiger partial charge in [0.25, 0.3) is 0 Å². The first-order valence-electron chi connectivity index (χ1n) is 5.98. The minimum atomic E-state index is -0.929. The summed E-state index contributed by atoms with van der Waals surface area (Å²) >= 11 is 0. The van der Waals surface area contributed by atoms with Crippen molar-refractivity contribution in [1.82, 2.24) is 5.32 Å². The van der Waals surface area contributed by atoms with E-state index in [9.17, 15) is 9.59 Å². The van der Waals surface area contributed by atoms with Crippen LogP contribution >= 0.6 is 0 Å². The second kappa shape index (κ2) is 5.18. The number of carbonyl (C=O) groups is 2. The fourth-order valence-electron chi connectivity index (χ4n) is 2.13. The van der Waals surface area contributed by atoms with E-state index in [2.05, 4.69) is 5.32 Å². The van der Waals surface area contributed by atoms with Crippen molar-refractivity contribution in [3.8, 4) is 0 Å². The number of anilines is 1. The topological polar surface area (TPSA) is 69.6 Å². The first kappa shape index (κ1) is 12.6. The van der Waals surface area contributed by atoms with Crippen molar-refractivity contribution in [3.05, 3.63) is 29.8 Å². The van der Waals surface area contributed by atoms with Gasteiger partial charge in [-0.25, -0.2) is 0 Å². The van der Waals surface area contributed by atoms with Crippen molar-refractivity contribution < 1.29 is 14.7 Å². The van der Waals surface area contributed by atoms with Gasteiger partial charge in [0.05, 0.1) is 13.1 Å². The number of hydrogen-bond acceptors (Lipinski definition) is 3. The van der Waals surface area contributed by atoms with Crippen LogP contribution in [0.1, 0.15) is 12.5 Å². The molecule has 1 fully saturated rings. The Balaban J connectivity index is 2.29. The van der Waals surface area contributed by atoms with Crippen molar-refractivity contribution in [2.24, 2.45) is 0 Å². The van der Waals surface area contributed by atoms with Gasteiger partial charge >= 0.3 is 5.97 Å². The third-order valence-corrected chi connectivity index (χ3v) is 3.13. The molecule has 0 radical (unpaired) electrons. The summed E-state index contributed by atoms with van der Waals surface area (Å²) in [5.41, 5.74) is 1.87. The monoisotopic (exact) mass is 248 g/mol. The maximum atomic E-state index is 11.9. The first-order chi connectivity index (χ1) is 8.63. The molecule has 1 unspecified atom stereocenters. The van der Waals surface area contributed by atoms with Crippen LogP contribution in [0.5, 0.6) is 0 Å². The van der Waals surface area contributed by atoms with Crippen LogP contribution in [0.3, 0.4) is 0 Å². The zero-order chi connectivity index (χ0) is 13.1. The van der Waals surface area contributed by atoms with Gasteiger partial charge in [-0.3, -0.25) is 14.9 Å². The van der Waals surface area contributed by atoms with Crippen LogP contribution in [0.2, 0.25) is 0 Å². The molecule has 96 valence electrons. The normalized spacial score (nSPS) is 19.9. The largest absolute Gasteiger partial charge is 0.480 e. The predicted octanol–water partition coefficient (Wildman–Crippen LogP) is 0.638. The van der Waals surface area contributed by atoms with E-state index < -0.39 is 12.0 Å². The number of carboxylic acid groups (broad SMARTS) is 1. The molecule has 5 nitrogen and oxygen atoms in total. The Hall–Kier alpha value is -1.88. The van der Waals surface area contributed by atoms with Gasteiger partial charge in [-0.05, 0) is 18.1 Å². The van der Waals surface area contributed by atoms with Gasteiger partial charge < -0.3 is 10.0 Å². The Bertz CT molecular complexity index is 473. The van der Waals surface area contributed by atoms with Crippen molar-refractivity contribution in [2.75, 3.05) is 18.0 Å². The first-order valence-corrected chi connectivity index (χ1v) is 5.98. The smallest absolute Gasteiger partial charge is 0.322 e. The van der Waals surface area contributed by atoms with Crippen LogP contribution in [0, 0.1) is 0 Å². The Labute approximate surface area is 105 Å². The molecule has 1 aliphatic heterocycles. The molecule has 1 aromatic carbocycles. The highest BCUT2D eigenvalue weighted by Gasteiger charge is 2.31. The molecule has 0 spiro atoms. The zero-order valence-corrected chi connectivity index (χ0v) is 10.2. The SMILES string of the molecule is CCc1ccccc1N1CC(C(=O)O)NCC1=O. The standard InChI is InChI=1S/C13H16N2O3/c1-2-9-5-3-4-6-11(9)15-8-10(13(17)18)14-7-12(15)16/h3-6,10,14H,2,7-8H2,1H3,(H,17,18). The molecule has 0 saturated carbocycles. The number of aliphatic carboxylic acids is 1. The number of piperazine rings is 1. The van der Waals surface area contributed by atoms with Crippen LogP contribution in [-0.2, 0) is 16.0 Å². The molecular weight excluding hydrogens is 232 g/mol. The molecule has 1 aromatic rings. The minimum absolute atomic E-state index is 0.0645. The number of amides is 1. The van der Waals surface area contributed by atoms with E-state index >= 15 is 0 Å². The molecule has 1 amide bonds. The van der Waals surface area contributed by atoms with Crippen LogP contribution < -0.4 is 10.2 Å². The molecule has 2 rings (SSSR count). The van der Waals surface area contributed by atoms with Crippen molar-refractivity contribution in [1.29, 1.82) is 0 Å². The summed E-state index contributed by atoms with van der Waals surface area (Å²) in [6.45, 7) is 2.25. The molecular formula is C13H16N2O3. The number of benzene rings is 1. The lowest BCUT2D eigenvalue weighted by Gasteiger charge is -2.32. The third kappa shape index (κ3) is 2.36. The number of carbonyl (C=O) groups excluding carboxylic acids is 1. The van der Waals surface area contributed by atoms with Crippen LogP contribution in [0.4, 0.5) is 5.69 Å². The van der Waals surface area contributed by atoms with Gasteiger partial charge in [-0.15, -0.1) is 0 Å². The summed E-state index contributed by atoms with van der Waals surface area (Å²) in [5, 5.41) is 11.7. The highest BCUT2D eigenvalue weighted by molar-refractivity contribution is 5.98. The Morgan fingerprint density at radius 2 is 2.22 bits per heavy atom. The summed E-state index contributed by atoms with van der Waals surface area (Å²) in [6.07, 6.45) is 0.811. The number of rotatable bonds is 3. The minimum Gasteiger partial charge on any atom is -0.480 e. The van der Waals surface area contributed by atoms with E-state index in [1.807, 2.05) is 31.2 Å². The van der Waals surface area contributed by atoms with Gasteiger partial charge in [0, 0.05) is 5.69 Å². The summed E-state index contributed by atoms with van der Waals surface area (Å²) in [5.74, 6) is -1.02. The van der Waals surface area contributed by atoms with Crippen LogP contribution in [-0.4, -0.2) is 36.1 Å². The number of carboxylic acids is 1. The van der Waals surface area contributed by atoms with Gasteiger partial charge in [0.2, 0.25) is 5.91 Å². The molecule has 0 aliphatic carbocycles. The molecule has 1 aliphatic rings. The summed E-state index contributed by atoms with van der Waals surface area (Å²) < 4.78 is 0. The molecule has 18 heavy (non-hydrogen) atoms. The number of hydrogen-bond donors (Lipinski definition) is 2. The average molecular weight is 248 g/mol. The number of nitrogens with one attached hydrogen (secondary N) is 1. The predicted molar refractivity (Wildman–Crippen MR) is 67.6 cm³/mol. The fourth-order valence-corrected chi connectivity index (χ4v) is 2.13. The summed E-state index contributed by atoms with van der Waals surface area (Å²) in [4.78, 5) is 24.5. The van der Waals surface area contributed by atoms with E-state index in [1.165, 1.54) is 0 Å². The maximum absolute atomic E-state index is 11.9. The maximum Gasteiger partial charge on any atom is 0.322 e. The molecule has 1 heterocycles. The molecule has 0 bridgehead atoms. The molecule has 5 heteroatoms. The Morgan fingerprint density at radius 1 is 1.50 bits per heavy atom. The number of nitrogens with zero attached hydrogens (tertiary/aromatic N) is 1. The van der Waals surface area contributed by atoms with Gasteiger partial charge in [0.15, 0.2) is 0 Å². The Kier molecular flexibility index (Phi) is 3.62. The van der Waals surface area contributed by atoms with E-state index in [0.717, 1.165) is 17.7 Å². The lowest BCUT2D eigenvalue weighted by molar-refractivity contribution is -0.139. The lowest BCUT2D eigenvalue weighted by atomic mass is 10.1. The van der Waals surface area contributed by atoms with Gasteiger partial charge in [-0.1, -0.05) is 25.1 Å². The number of aryl methyl sites for hydroxylation is 1. The number of para-hydroxylation sites is 1. The average Bonchev–Trinajstić information content (AvgIpc) is 2.39. The molecule has 2 N–H and O–H groups in total. The summed E-state index contributed by atoms with van der Waals surface area (Å²) in [7, 11) is 0. The quantitative estimate of drug-likeness (QED) is 0.823. The molecule has 0 aromatic heterocycles. The van der Waals surface area contributed by atoms with Crippen LogP contribution in [0.25, 0.3) is 0 Å². The van der Waals surface area contributed by atoms with Crippen molar-refractivity contribution in [3.63, 3.8) is 0 Å². The van der Waals surface area contributed by atoms with Crippen LogP contribution in [0.15, 0.2) is 24.3 Å². The molecule has 1 saturated heterocycles. The highest BCUT2D eigenvalue weighted by atomic mass is 16.4. The molecule has 1 atom stereocenters.